The Balaban J connectivity index is 2.38. The molecule has 0 saturated heterocycles. The van der Waals surface area contributed by atoms with Crippen LogP contribution in [-0.4, -0.2) is 40.3 Å². The summed E-state index contributed by atoms with van der Waals surface area (Å²) in [6, 6.07) is 2.03. The van der Waals surface area contributed by atoms with Gasteiger partial charge in [0.1, 0.15) is 0 Å². The maximum absolute atomic E-state index is 5.12. The third-order valence-corrected chi connectivity index (χ3v) is 3.67. The van der Waals surface area contributed by atoms with E-state index in [1.165, 1.54) is 0 Å². The summed E-state index contributed by atoms with van der Waals surface area (Å²) in [7, 11) is 5.55. The first-order chi connectivity index (χ1) is 9.19. The number of aryl methyl sites for hydroxylation is 1. The lowest BCUT2D eigenvalue weighted by Crippen LogP contribution is -2.25. The molecule has 0 fully saturated rings. The van der Waals surface area contributed by atoms with Gasteiger partial charge in [0.2, 0.25) is 0 Å². The molecule has 2 aromatic rings. The molecule has 19 heavy (non-hydrogen) atoms. The molecule has 104 valence electrons. The Morgan fingerprint density at radius 1 is 1.47 bits per heavy atom. The van der Waals surface area contributed by atoms with E-state index >= 15 is 0 Å². The Bertz CT molecular complexity index is 536. The molecule has 1 N–H and O–H groups in total. The number of aromatic nitrogens is 4. The Kier molecular flexibility index (Phi) is 4.73. The van der Waals surface area contributed by atoms with Gasteiger partial charge in [0, 0.05) is 20.4 Å². The number of methoxy groups -OCH3 is 1. The van der Waals surface area contributed by atoms with Gasteiger partial charge < -0.3 is 10.1 Å². The summed E-state index contributed by atoms with van der Waals surface area (Å²) in [5.74, 6) is 0. The van der Waals surface area contributed by atoms with Crippen LogP contribution in [0.3, 0.4) is 0 Å². The van der Waals surface area contributed by atoms with E-state index in [-0.39, 0.29) is 6.04 Å². The fraction of sp³-hybridized carbons (Fsp3) is 0.500. The van der Waals surface area contributed by atoms with Crippen LogP contribution in [0.1, 0.15) is 17.4 Å². The second-order valence-electron chi connectivity index (χ2n) is 4.20. The van der Waals surface area contributed by atoms with Crippen molar-refractivity contribution in [1.82, 2.24) is 24.9 Å². The average Bonchev–Trinajstić information content (AvgIpc) is 2.97. The van der Waals surface area contributed by atoms with Crippen LogP contribution in [0.4, 0.5) is 0 Å². The second-order valence-corrected chi connectivity index (χ2v) is 5.05. The zero-order valence-corrected chi connectivity index (χ0v) is 12.9. The van der Waals surface area contributed by atoms with Crippen molar-refractivity contribution < 1.29 is 4.74 Å². The first kappa shape index (κ1) is 14.2. The van der Waals surface area contributed by atoms with Crippen LogP contribution in [-0.2, 0) is 18.3 Å². The predicted octanol–water partition coefficient (Wildman–Crippen LogP) is 1.33. The van der Waals surface area contributed by atoms with Crippen molar-refractivity contribution in [3.8, 4) is 0 Å². The molecule has 0 amide bonds. The van der Waals surface area contributed by atoms with Gasteiger partial charge in [-0.3, -0.25) is 9.36 Å². The molecule has 0 aromatic carbocycles. The van der Waals surface area contributed by atoms with Crippen LogP contribution in [0, 0.1) is 0 Å². The molecule has 2 rings (SSSR count). The normalized spacial score (nSPS) is 12.8. The molecule has 2 heterocycles. The molecule has 0 aliphatic carbocycles. The third-order valence-electron chi connectivity index (χ3n) is 3.06. The lowest BCUT2D eigenvalue weighted by molar-refractivity contribution is 0.182. The standard InChI is InChI=1S/C12H18BrN5O/c1-14-11(10-4-5-15-17(10)2)12-9(13)8-16-18(12)6-7-19-3/h4-5,8,11,14H,6-7H2,1-3H3. The molecule has 0 spiro atoms. The largest absolute Gasteiger partial charge is 0.383 e. The maximum Gasteiger partial charge on any atom is 0.0927 e. The molecule has 0 aliphatic heterocycles. The predicted molar refractivity (Wildman–Crippen MR) is 75.9 cm³/mol. The minimum Gasteiger partial charge on any atom is -0.383 e. The van der Waals surface area contributed by atoms with Crippen molar-refractivity contribution in [2.45, 2.75) is 12.6 Å². The van der Waals surface area contributed by atoms with Crippen molar-refractivity contribution >= 4 is 15.9 Å². The van der Waals surface area contributed by atoms with Crippen LogP contribution < -0.4 is 5.32 Å². The number of rotatable bonds is 6. The van der Waals surface area contributed by atoms with Crippen LogP contribution in [0.5, 0.6) is 0 Å². The van der Waals surface area contributed by atoms with Crippen molar-refractivity contribution in [2.75, 3.05) is 20.8 Å². The monoisotopic (exact) mass is 327 g/mol. The summed E-state index contributed by atoms with van der Waals surface area (Å²) >= 11 is 3.57. The molecule has 0 bridgehead atoms. The molecule has 1 atom stereocenters. The topological polar surface area (TPSA) is 56.9 Å². The summed E-state index contributed by atoms with van der Waals surface area (Å²) in [6.07, 6.45) is 3.61. The van der Waals surface area contributed by atoms with Crippen LogP contribution >= 0.6 is 15.9 Å². The third kappa shape index (κ3) is 2.88. The first-order valence-corrected chi connectivity index (χ1v) is 6.83. The van der Waals surface area contributed by atoms with Crippen LogP contribution in [0.25, 0.3) is 0 Å². The Hall–Kier alpha value is -1.18. The molecular formula is C12H18BrN5O. The zero-order chi connectivity index (χ0) is 13.8. The van der Waals surface area contributed by atoms with Crippen molar-refractivity contribution in [1.29, 1.82) is 0 Å². The fourth-order valence-electron chi connectivity index (χ4n) is 2.11. The van der Waals surface area contributed by atoms with E-state index in [9.17, 15) is 0 Å². The van der Waals surface area contributed by atoms with Gasteiger partial charge in [0.15, 0.2) is 0 Å². The number of nitrogens with zero attached hydrogens (tertiary/aromatic N) is 4. The lowest BCUT2D eigenvalue weighted by atomic mass is 10.1. The van der Waals surface area contributed by atoms with Crippen LogP contribution in [0.15, 0.2) is 22.9 Å². The average molecular weight is 328 g/mol. The van der Waals surface area contributed by atoms with Gasteiger partial charge in [-0.1, -0.05) is 0 Å². The minimum atomic E-state index is 0.0289. The summed E-state index contributed by atoms with van der Waals surface area (Å²) in [5, 5.41) is 11.9. The summed E-state index contributed by atoms with van der Waals surface area (Å²) in [6.45, 7) is 1.34. The summed E-state index contributed by atoms with van der Waals surface area (Å²) < 4.78 is 9.91. The van der Waals surface area contributed by atoms with Gasteiger partial charge in [-0.15, -0.1) is 0 Å². The van der Waals surface area contributed by atoms with E-state index in [0.717, 1.165) is 15.9 Å². The summed E-state index contributed by atoms with van der Waals surface area (Å²) in [5.41, 5.74) is 2.16. The number of nitrogens with one attached hydrogen (secondary N) is 1. The minimum absolute atomic E-state index is 0.0289. The Morgan fingerprint density at radius 3 is 2.84 bits per heavy atom. The van der Waals surface area contributed by atoms with Crippen molar-refractivity contribution in [3.05, 3.63) is 34.3 Å². The Labute approximate surface area is 120 Å². The quantitative estimate of drug-likeness (QED) is 0.869. The Morgan fingerprint density at radius 2 is 2.26 bits per heavy atom. The lowest BCUT2D eigenvalue weighted by Gasteiger charge is -2.19. The van der Waals surface area contributed by atoms with Gasteiger partial charge >= 0.3 is 0 Å². The highest BCUT2D eigenvalue weighted by Gasteiger charge is 2.22. The first-order valence-electron chi connectivity index (χ1n) is 6.04. The molecular weight excluding hydrogens is 310 g/mol. The van der Waals surface area contributed by atoms with E-state index in [1.54, 1.807) is 13.3 Å². The molecule has 7 heteroatoms. The maximum atomic E-state index is 5.12. The number of halogens is 1. The van der Waals surface area contributed by atoms with Crippen molar-refractivity contribution in [3.63, 3.8) is 0 Å². The second kappa shape index (κ2) is 6.31. The van der Waals surface area contributed by atoms with E-state index in [4.69, 9.17) is 4.74 Å². The summed E-state index contributed by atoms with van der Waals surface area (Å²) in [4.78, 5) is 0. The number of hydrogen-bond acceptors (Lipinski definition) is 4. The molecule has 0 radical (unpaired) electrons. The van der Waals surface area contributed by atoms with Gasteiger partial charge in [-0.25, -0.2) is 0 Å². The molecule has 0 saturated carbocycles. The SMILES string of the molecule is CNC(c1ccnn1C)c1c(Br)cnn1CCOC. The van der Waals surface area contributed by atoms with E-state index in [1.807, 2.05) is 35.7 Å². The molecule has 2 aromatic heterocycles. The number of hydrogen-bond donors (Lipinski definition) is 1. The van der Waals surface area contributed by atoms with Gasteiger partial charge in [0.25, 0.3) is 0 Å². The number of ether oxygens (including phenoxy) is 1. The smallest absolute Gasteiger partial charge is 0.0927 e. The molecule has 6 nitrogen and oxygen atoms in total. The van der Waals surface area contributed by atoms with E-state index in [0.29, 0.717) is 13.2 Å². The van der Waals surface area contributed by atoms with E-state index in [2.05, 4.69) is 31.4 Å². The van der Waals surface area contributed by atoms with Crippen molar-refractivity contribution in [2.24, 2.45) is 7.05 Å². The fourth-order valence-corrected chi connectivity index (χ4v) is 2.63. The molecule has 1 unspecified atom stereocenters. The van der Waals surface area contributed by atoms with Gasteiger partial charge in [-0.2, -0.15) is 10.2 Å². The van der Waals surface area contributed by atoms with Gasteiger partial charge in [0.05, 0.1) is 41.3 Å². The molecule has 0 aliphatic rings. The van der Waals surface area contributed by atoms with Gasteiger partial charge in [-0.05, 0) is 29.0 Å². The highest BCUT2D eigenvalue weighted by molar-refractivity contribution is 9.10. The van der Waals surface area contributed by atoms with Crippen LogP contribution in [0.2, 0.25) is 0 Å². The van der Waals surface area contributed by atoms with E-state index < -0.39 is 0 Å². The highest BCUT2D eigenvalue weighted by Crippen LogP contribution is 2.27. The highest BCUT2D eigenvalue weighted by atomic mass is 79.9. The zero-order valence-electron chi connectivity index (χ0n) is 11.3.